The Bertz CT molecular complexity index is 660. The average Bonchev–Trinajstić information content (AvgIpc) is 2.38. The van der Waals surface area contributed by atoms with E-state index < -0.39 is 11.4 Å². The zero-order valence-electron chi connectivity index (χ0n) is 12.4. The summed E-state index contributed by atoms with van der Waals surface area (Å²) in [6, 6.07) is 1.54. The van der Waals surface area contributed by atoms with E-state index in [-0.39, 0.29) is 26.2 Å². The van der Waals surface area contributed by atoms with Crippen LogP contribution in [0.3, 0.4) is 0 Å². The summed E-state index contributed by atoms with van der Waals surface area (Å²) in [4.78, 5) is 7.87. The monoisotopic (exact) mass is 396 g/mol. The fourth-order valence-corrected chi connectivity index (χ4v) is 2.14. The SMILES string of the molecule is CC.CC(C)(C)Oc1nc(Cl)nc2c(F)c(Br)c(Cl)cc12. The van der Waals surface area contributed by atoms with Gasteiger partial charge in [-0.1, -0.05) is 25.4 Å². The van der Waals surface area contributed by atoms with Gasteiger partial charge in [-0.3, -0.25) is 0 Å². The summed E-state index contributed by atoms with van der Waals surface area (Å²) >= 11 is 14.8. The molecule has 0 N–H and O–H groups in total. The van der Waals surface area contributed by atoms with Crippen LogP contribution in [0.5, 0.6) is 5.88 Å². The molecule has 0 atom stereocenters. The lowest BCUT2D eigenvalue weighted by atomic mass is 10.2. The molecule has 1 aromatic heterocycles. The van der Waals surface area contributed by atoms with E-state index in [1.165, 1.54) is 0 Å². The summed E-state index contributed by atoms with van der Waals surface area (Å²) in [7, 11) is 0. The van der Waals surface area contributed by atoms with E-state index in [1.807, 2.05) is 34.6 Å². The van der Waals surface area contributed by atoms with Crippen molar-refractivity contribution in [1.82, 2.24) is 9.97 Å². The Labute approximate surface area is 142 Å². The lowest BCUT2D eigenvalue weighted by Crippen LogP contribution is -2.23. The maximum Gasteiger partial charge on any atom is 0.226 e. The van der Waals surface area contributed by atoms with Crippen LogP contribution in [0.15, 0.2) is 10.5 Å². The first-order valence-corrected chi connectivity index (χ1v) is 7.93. The van der Waals surface area contributed by atoms with Gasteiger partial charge < -0.3 is 4.74 Å². The van der Waals surface area contributed by atoms with E-state index in [0.717, 1.165) is 0 Å². The van der Waals surface area contributed by atoms with Crippen molar-refractivity contribution in [1.29, 1.82) is 0 Å². The Morgan fingerprint density at radius 3 is 2.29 bits per heavy atom. The summed E-state index contributed by atoms with van der Waals surface area (Å²) < 4.78 is 19.9. The van der Waals surface area contributed by atoms with Gasteiger partial charge in [0.1, 0.15) is 11.1 Å². The van der Waals surface area contributed by atoms with Crippen molar-refractivity contribution in [2.45, 2.75) is 40.2 Å². The number of ether oxygens (including phenoxy) is 1. The number of benzene rings is 1. The minimum absolute atomic E-state index is 0.0653. The van der Waals surface area contributed by atoms with Gasteiger partial charge in [-0.05, 0) is 54.4 Å². The van der Waals surface area contributed by atoms with Gasteiger partial charge in [0.05, 0.1) is 14.9 Å². The number of fused-ring (bicyclic) bond motifs is 1. The number of rotatable bonds is 1. The highest BCUT2D eigenvalue weighted by Gasteiger charge is 2.20. The molecule has 0 unspecified atom stereocenters. The van der Waals surface area contributed by atoms with Crippen LogP contribution < -0.4 is 4.74 Å². The molecule has 0 fully saturated rings. The molecule has 2 rings (SSSR count). The fraction of sp³-hybridized carbons (Fsp3) is 0.429. The minimum atomic E-state index is -0.592. The van der Waals surface area contributed by atoms with Gasteiger partial charge in [-0.25, -0.2) is 9.37 Å². The van der Waals surface area contributed by atoms with Gasteiger partial charge in [0.2, 0.25) is 11.2 Å². The van der Waals surface area contributed by atoms with Gasteiger partial charge in [0.15, 0.2) is 5.82 Å². The number of aromatic nitrogens is 2. The fourth-order valence-electron chi connectivity index (χ4n) is 1.49. The Morgan fingerprint density at radius 2 is 1.76 bits per heavy atom. The predicted octanol–water partition coefficient (Wildman–Crippen LogP) is 6.04. The zero-order valence-corrected chi connectivity index (χ0v) is 15.5. The Morgan fingerprint density at radius 1 is 1.19 bits per heavy atom. The molecule has 0 aliphatic carbocycles. The predicted molar refractivity (Wildman–Crippen MR) is 88.9 cm³/mol. The zero-order chi connectivity index (χ0) is 16.4. The van der Waals surface area contributed by atoms with Crippen molar-refractivity contribution in [2.75, 3.05) is 0 Å². The number of halogens is 4. The summed E-state index contributed by atoms with van der Waals surface area (Å²) in [5.74, 6) is -0.388. The molecule has 0 amide bonds. The van der Waals surface area contributed by atoms with E-state index in [0.29, 0.717) is 5.39 Å². The van der Waals surface area contributed by atoms with E-state index in [1.54, 1.807) is 6.07 Å². The van der Waals surface area contributed by atoms with Gasteiger partial charge >= 0.3 is 0 Å². The highest BCUT2D eigenvalue weighted by molar-refractivity contribution is 9.10. The van der Waals surface area contributed by atoms with Crippen LogP contribution >= 0.6 is 39.1 Å². The van der Waals surface area contributed by atoms with E-state index in [9.17, 15) is 4.39 Å². The largest absolute Gasteiger partial charge is 0.471 e. The highest BCUT2D eigenvalue weighted by atomic mass is 79.9. The molecule has 0 radical (unpaired) electrons. The van der Waals surface area contributed by atoms with Crippen LogP contribution in [0.25, 0.3) is 10.9 Å². The van der Waals surface area contributed by atoms with Crippen LogP contribution in [-0.2, 0) is 0 Å². The molecule has 3 nitrogen and oxygen atoms in total. The third-order valence-corrected chi connectivity index (χ3v) is 3.64. The van der Waals surface area contributed by atoms with Crippen molar-refractivity contribution in [3.8, 4) is 5.88 Å². The standard InChI is InChI=1S/C12H10BrCl2FN2O.C2H6/c1-12(2,3)19-10-5-4-6(14)7(13)8(16)9(5)17-11(15)18-10;1-2/h4H,1-3H3;1-2H3. The lowest BCUT2D eigenvalue weighted by Gasteiger charge is -2.21. The lowest BCUT2D eigenvalue weighted by molar-refractivity contribution is 0.126. The molecule has 0 saturated heterocycles. The molecular formula is C14H16BrCl2FN2O. The first kappa shape index (κ1) is 18.4. The van der Waals surface area contributed by atoms with Gasteiger partial charge in [-0.2, -0.15) is 4.98 Å². The highest BCUT2D eigenvalue weighted by Crippen LogP contribution is 2.36. The summed E-state index contributed by atoms with van der Waals surface area (Å²) in [5.41, 5.74) is -0.434. The molecule has 116 valence electrons. The second kappa shape index (κ2) is 7.07. The number of nitrogens with zero attached hydrogens (tertiary/aromatic N) is 2. The van der Waals surface area contributed by atoms with Crippen molar-refractivity contribution >= 4 is 50.0 Å². The smallest absolute Gasteiger partial charge is 0.226 e. The Kier molecular flexibility index (Phi) is 6.20. The summed E-state index contributed by atoms with van der Waals surface area (Å²) in [5, 5.41) is 0.513. The van der Waals surface area contributed by atoms with Crippen LogP contribution in [-0.4, -0.2) is 15.6 Å². The summed E-state index contributed by atoms with van der Waals surface area (Å²) in [6.07, 6.45) is 0. The molecule has 21 heavy (non-hydrogen) atoms. The second-order valence-electron chi connectivity index (χ2n) is 4.89. The van der Waals surface area contributed by atoms with Gasteiger partial charge in [-0.15, -0.1) is 0 Å². The van der Waals surface area contributed by atoms with Crippen molar-refractivity contribution < 1.29 is 9.13 Å². The first-order chi connectivity index (χ1) is 9.69. The molecule has 1 aromatic carbocycles. The quantitative estimate of drug-likeness (QED) is 0.434. The molecular weight excluding hydrogens is 382 g/mol. The molecule has 0 aliphatic heterocycles. The van der Waals surface area contributed by atoms with E-state index in [4.69, 9.17) is 27.9 Å². The molecule has 0 aliphatic rings. The van der Waals surface area contributed by atoms with E-state index in [2.05, 4.69) is 25.9 Å². The van der Waals surface area contributed by atoms with Crippen molar-refractivity contribution in [3.63, 3.8) is 0 Å². The average molecular weight is 398 g/mol. The normalized spacial score (nSPS) is 11.1. The number of hydrogen-bond donors (Lipinski definition) is 0. The van der Waals surface area contributed by atoms with Gasteiger partial charge in [0.25, 0.3) is 0 Å². The number of hydrogen-bond acceptors (Lipinski definition) is 3. The molecule has 0 saturated carbocycles. The molecule has 2 aromatic rings. The van der Waals surface area contributed by atoms with Crippen molar-refractivity contribution in [3.05, 3.63) is 26.7 Å². The third-order valence-electron chi connectivity index (χ3n) is 2.17. The topological polar surface area (TPSA) is 35.0 Å². The van der Waals surface area contributed by atoms with Gasteiger partial charge in [0, 0.05) is 0 Å². The van der Waals surface area contributed by atoms with Crippen LogP contribution in [0.4, 0.5) is 4.39 Å². The maximum atomic E-state index is 14.1. The Hall–Kier alpha value is -0.650. The minimum Gasteiger partial charge on any atom is -0.471 e. The van der Waals surface area contributed by atoms with Crippen LogP contribution in [0.1, 0.15) is 34.6 Å². The maximum absolute atomic E-state index is 14.1. The molecule has 7 heteroatoms. The molecule has 0 bridgehead atoms. The third kappa shape index (κ3) is 4.41. The molecule has 1 heterocycles. The van der Waals surface area contributed by atoms with Crippen molar-refractivity contribution in [2.24, 2.45) is 0 Å². The Balaban J connectivity index is 0.00000106. The summed E-state index contributed by atoms with van der Waals surface area (Å²) in [6.45, 7) is 9.56. The second-order valence-corrected chi connectivity index (χ2v) is 6.43. The van der Waals surface area contributed by atoms with Crippen LogP contribution in [0, 0.1) is 5.82 Å². The van der Waals surface area contributed by atoms with E-state index >= 15 is 0 Å². The first-order valence-electron chi connectivity index (χ1n) is 6.39. The molecule has 0 spiro atoms. The van der Waals surface area contributed by atoms with Crippen LogP contribution in [0.2, 0.25) is 10.3 Å².